The van der Waals surface area contributed by atoms with Crippen LogP contribution in [0.25, 0.3) is 0 Å². The fraction of sp³-hybridized carbons (Fsp3) is 0.0769. The Hall–Kier alpha value is -2.33. The van der Waals surface area contributed by atoms with Crippen molar-refractivity contribution in [3.8, 4) is 0 Å². The molecule has 0 radical (unpaired) electrons. The highest BCUT2D eigenvalue weighted by molar-refractivity contribution is 7.92. The topological polar surface area (TPSA) is 89.3 Å². The van der Waals surface area contributed by atoms with Gasteiger partial charge in [-0.15, -0.1) is 0 Å². The number of hydrogen-bond donors (Lipinski definition) is 1. The number of benzene rings is 2. The number of alkyl halides is 3. The summed E-state index contributed by atoms with van der Waals surface area (Å²) < 4.78 is 64.6. The Morgan fingerprint density at radius 2 is 1.79 bits per heavy atom. The Morgan fingerprint density at radius 3 is 2.38 bits per heavy atom. The van der Waals surface area contributed by atoms with Crippen LogP contribution in [0.4, 0.5) is 24.5 Å². The van der Waals surface area contributed by atoms with Gasteiger partial charge in [-0.2, -0.15) is 13.2 Å². The van der Waals surface area contributed by atoms with Crippen LogP contribution in [0.15, 0.2) is 47.4 Å². The summed E-state index contributed by atoms with van der Waals surface area (Å²) in [5.74, 6) is 0. The molecule has 2 aromatic rings. The Morgan fingerprint density at radius 1 is 1.12 bits per heavy atom. The molecule has 24 heavy (non-hydrogen) atoms. The quantitative estimate of drug-likeness (QED) is 0.639. The number of non-ortho nitro benzene ring substituents is 1. The lowest BCUT2D eigenvalue weighted by Crippen LogP contribution is -2.14. The van der Waals surface area contributed by atoms with E-state index in [1.165, 1.54) is 0 Å². The highest BCUT2D eigenvalue weighted by Crippen LogP contribution is 2.36. The van der Waals surface area contributed by atoms with Crippen molar-refractivity contribution in [1.29, 1.82) is 0 Å². The molecular weight excluding hydrogens is 373 g/mol. The summed E-state index contributed by atoms with van der Waals surface area (Å²) in [6.45, 7) is 0. The summed E-state index contributed by atoms with van der Waals surface area (Å²) in [6, 6.07) is 6.59. The van der Waals surface area contributed by atoms with Gasteiger partial charge in [-0.05, 0) is 24.3 Å². The van der Waals surface area contributed by atoms with Gasteiger partial charge < -0.3 is 0 Å². The molecule has 2 rings (SSSR count). The number of nitro benzene ring substituents is 1. The maximum absolute atomic E-state index is 12.8. The fourth-order valence-electron chi connectivity index (χ4n) is 1.78. The van der Waals surface area contributed by atoms with E-state index in [1.807, 2.05) is 4.72 Å². The van der Waals surface area contributed by atoms with Crippen LogP contribution in [0, 0.1) is 10.1 Å². The third kappa shape index (κ3) is 3.95. The summed E-state index contributed by atoms with van der Waals surface area (Å²) in [6.07, 6.45) is -4.76. The molecule has 0 aliphatic carbocycles. The second-order valence-electron chi connectivity index (χ2n) is 4.55. The largest absolute Gasteiger partial charge is 0.417 e. The summed E-state index contributed by atoms with van der Waals surface area (Å²) >= 11 is 5.45. The van der Waals surface area contributed by atoms with Gasteiger partial charge in [0, 0.05) is 17.8 Å². The van der Waals surface area contributed by atoms with Gasteiger partial charge in [0.1, 0.15) is 0 Å². The second kappa shape index (κ2) is 6.29. The molecule has 0 saturated heterocycles. The summed E-state index contributed by atoms with van der Waals surface area (Å²) in [4.78, 5) is 9.43. The van der Waals surface area contributed by atoms with Crippen LogP contribution in [-0.2, 0) is 16.2 Å². The number of nitro groups is 1. The van der Waals surface area contributed by atoms with Gasteiger partial charge in [-0.25, -0.2) is 8.42 Å². The SMILES string of the molecule is O=[N+]([O-])c1cccc(S(=O)(=O)Nc2ccc(Cl)c(C(F)(F)F)c2)c1. The standard InChI is InChI=1S/C13H8ClF3N2O4S/c14-12-5-4-8(6-11(12)13(15,16)17)18-24(22,23)10-3-1-2-9(7-10)19(20)21/h1-7,18H. The fourth-order valence-corrected chi connectivity index (χ4v) is 3.10. The van der Waals surface area contributed by atoms with Crippen molar-refractivity contribution in [2.45, 2.75) is 11.1 Å². The predicted octanol–water partition coefficient (Wildman–Crippen LogP) is 4.07. The minimum Gasteiger partial charge on any atom is -0.280 e. The van der Waals surface area contributed by atoms with Crippen LogP contribution in [0.1, 0.15) is 5.56 Å². The van der Waals surface area contributed by atoms with Crippen LogP contribution in [0.2, 0.25) is 5.02 Å². The van der Waals surface area contributed by atoms with Crippen LogP contribution < -0.4 is 4.72 Å². The van der Waals surface area contributed by atoms with E-state index in [4.69, 9.17) is 11.6 Å². The number of nitrogens with zero attached hydrogens (tertiary/aromatic N) is 1. The van der Waals surface area contributed by atoms with Crippen LogP contribution in [-0.4, -0.2) is 13.3 Å². The molecule has 1 N–H and O–H groups in total. The maximum atomic E-state index is 12.8. The van der Waals surface area contributed by atoms with E-state index in [2.05, 4.69) is 0 Å². The van der Waals surface area contributed by atoms with Crippen molar-refractivity contribution in [2.24, 2.45) is 0 Å². The first-order valence-electron chi connectivity index (χ1n) is 6.15. The lowest BCUT2D eigenvalue weighted by atomic mass is 10.2. The normalized spacial score (nSPS) is 12.0. The van der Waals surface area contributed by atoms with E-state index in [-0.39, 0.29) is 5.69 Å². The average molecular weight is 381 g/mol. The van der Waals surface area contributed by atoms with Gasteiger partial charge in [0.05, 0.1) is 20.4 Å². The molecular formula is C13H8ClF3N2O4S. The zero-order chi connectivity index (χ0) is 18.1. The summed E-state index contributed by atoms with van der Waals surface area (Å²) in [7, 11) is -4.31. The Balaban J connectivity index is 2.40. The van der Waals surface area contributed by atoms with Crippen molar-refractivity contribution in [3.63, 3.8) is 0 Å². The average Bonchev–Trinajstić information content (AvgIpc) is 2.48. The molecule has 0 saturated carbocycles. The van der Waals surface area contributed by atoms with Gasteiger partial charge in [0.2, 0.25) is 0 Å². The minimum atomic E-state index is -4.76. The van der Waals surface area contributed by atoms with E-state index < -0.39 is 42.3 Å². The highest BCUT2D eigenvalue weighted by Gasteiger charge is 2.33. The number of hydrogen-bond acceptors (Lipinski definition) is 4. The van der Waals surface area contributed by atoms with E-state index >= 15 is 0 Å². The molecule has 0 aliphatic heterocycles. The molecule has 0 amide bonds. The summed E-state index contributed by atoms with van der Waals surface area (Å²) in [5.41, 5.74) is -2.05. The van der Waals surface area contributed by atoms with Crippen molar-refractivity contribution < 1.29 is 26.5 Å². The Labute approximate surface area is 139 Å². The van der Waals surface area contributed by atoms with Gasteiger partial charge in [-0.1, -0.05) is 17.7 Å². The van der Waals surface area contributed by atoms with Crippen molar-refractivity contribution in [1.82, 2.24) is 0 Å². The van der Waals surface area contributed by atoms with Crippen LogP contribution >= 0.6 is 11.6 Å². The molecule has 6 nitrogen and oxygen atoms in total. The van der Waals surface area contributed by atoms with Crippen molar-refractivity contribution in [2.75, 3.05) is 4.72 Å². The van der Waals surface area contributed by atoms with Gasteiger partial charge in [-0.3, -0.25) is 14.8 Å². The molecule has 0 spiro atoms. The van der Waals surface area contributed by atoms with Crippen molar-refractivity contribution in [3.05, 3.63) is 63.2 Å². The highest BCUT2D eigenvalue weighted by atomic mass is 35.5. The molecule has 0 unspecified atom stereocenters. The lowest BCUT2D eigenvalue weighted by Gasteiger charge is -2.12. The Bertz CT molecular complexity index is 900. The zero-order valence-electron chi connectivity index (χ0n) is 11.5. The molecule has 0 fully saturated rings. The molecule has 0 aliphatic rings. The van der Waals surface area contributed by atoms with Gasteiger partial charge in [0.25, 0.3) is 15.7 Å². The molecule has 11 heteroatoms. The monoisotopic (exact) mass is 380 g/mol. The number of rotatable bonds is 4. The first-order valence-corrected chi connectivity index (χ1v) is 8.01. The molecule has 2 aromatic carbocycles. The Kier molecular flexibility index (Phi) is 4.72. The molecule has 128 valence electrons. The zero-order valence-corrected chi connectivity index (χ0v) is 13.1. The minimum absolute atomic E-state index is 0.377. The molecule has 0 bridgehead atoms. The summed E-state index contributed by atoms with van der Waals surface area (Å²) in [5, 5.41) is 10.1. The maximum Gasteiger partial charge on any atom is 0.417 e. The van der Waals surface area contributed by atoms with Crippen LogP contribution in [0.5, 0.6) is 0 Å². The van der Waals surface area contributed by atoms with Gasteiger partial charge in [0.15, 0.2) is 0 Å². The molecule has 0 atom stereocenters. The van der Waals surface area contributed by atoms with E-state index in [1.54, 1.807) is 0 Å². The first kappa shape index (κ1) is 18.0. The van der Waals surface area contributed by atoms with Gasteiger partial charge >= 0.3 is 6.18 Å². The molecule has 0 heterocycles. The number of anilines is 1. The van der Waals surface area contributed by atoms with Crippen LogP contribution in [0.3, 0.4) is 0 Å². The molecule has 0 aromatic heterocycles. The number of nitrogens with one attached hydrogen (secondary N) is 1. The number of halogens is 4. The van der Waals surface area contributed by atoms with E-state index in [0.717, 1.165) is 36.4 Å². The van der Waals surface area contributed by atoms with E-state index in [0.29, 0.717) is 6.07 Å². The van der Waals surface area contributed by atoms with E-state index in [9.17, 15) is 31.7 Å². The van der Waals surface area contributed by atoms with Crippen molar-refractivity contribution >= 4 is 33.0 Å². The third-order valence-corrected chi connectivity index (χ3v) is 4.57. The predicted molar refractivity (Wildman–Crippen MR) is 80.4 cm³/mol. The smallest absolute Gasteiger partial charge is 0.280 e. The second-order valence-corrected chi connectivity index (χ2v) is 6.64. The number of sulfonamides is 1. The first-order chi connectivity index (χ1) is 11.0. The lowest BCUT2D eigenvalue weighted by molar-refractivity contribution is -0.385. The third-order valence-electron chi connectivity index (χ3n) is 2.86.